The highest BCUT2D eigenvalue weighted by atomic mass is 19.1. The predicted molar refractivity (Wildman–Crippen MR) is 115 cm³/mol. The lowest BCUT2D eigenvalue weighted by Gasteiger charge is -2.22. The van der Waals surface area contributed by atoms with Crippen molar-refractivity contribution in [1.29, 1.82) is 0 Å². The molecule has 35 heavy (non-hydrogen) atoms. The minimum absolute atomic E-state index is 0.0532. The second-order valence-electron chi connectivity index (χ2n) is 8.74. The van der Waals surface area contributed by atoms with Crippen LogP contribution in [0.3, 0.4) is 0 Å². The Kier molecular flexibility index (Phi) is 4.66. The molecule has 4 aliphatic rings. The summed E-state index contributed by atoms with van der Waals surface area (Å²) in [6.45, 7) is 0.0283. The van der Waals surface area contributed by atoms with E-state index in [0.717, 1.165) is 21.9 Å². The molecule has 0 aromatic heterocycles. The fourth-order valence-corrected chi connectivity index (χ4v) is 4.98. The number of carbonyl (C=O) groups excluding carboxylic acids is 4. The molecule has 3 fully saturated rings. The van der Waals surface area contributed by atoms with Crippen LogP contribution >= 0.6 is 0 Å². The van der Waals surface area contributed by atoms with Crippen LogP contribution in [0.4, 0.5) is 29.7 Å². The van der Waals surface area contributed by atoms with Crippen LogP contribution in [0.25, 0.3) is 0 Å². The van der Waals surface area contributed by atoms with E-state index in [1.54, 1.807) is 24.3 Å². The lowest BCUT2D eigenvalue weighted by Crippen LogP contribution is -2.38. The van der Waals surface area contributed by atoms with Gasteiger partial charge in [-0.15, -0.1) is 0 Å². The molecule has 180 valence electrons. The number of cyclic esters (lactones) is 1. The second-order valence-corrected chi connectivity index (χ2v) is 8.74. The summed E-state index contributed by atoms with van der Waals surface area (Å²) in [6, 6.07) is 8.07. The van der Waals surface area contributed by atoms with E-state index in [9.17, 15) is 28.0 Å². The summed E-state index contributed by atoms with van der Waals surface area (Å²) in [4.78, 5) is 52.4. The monoisotopic (exact) mass is 484 g/mol. The van der Waals surface area contributed by atoms with Crippen molar-refractivity contribution in [1.82, 2.24) is 10.2 Å². The van der Waals surface area contributed by atoms with Gasteiger partial charge in [-0.05, 0) is 12.1 Å². The fraction of sp³-hybridized carbons (Fsp3) is 0.304. The Balaban J connectivity index is 1.17. The van der Waals surface area contributed by atoms with Crippen molar-refractivity contribution in [3.05, 3.63) is 59.2 Å². The molecule has 4 heterocycles. The van der Waals surface area contributed by atoms with Crippen LogP contribution in [-0.4, -0.2) is 73.3 Å². The summed E-state index contributed by atoms with van der Waals surface area (Å²) in [5.74, 6) is -2.75. The molecule has 4 amide bonds. The van der Waals surface area contributed by atoms with Gasteiger partial charge in [0, 0.05) is 18.7 Å². The van der Waals surface area contributed by atoms with E-state index in [4.69, 9.17) is 9.47 Å². The maximum atomic E-state index is 15.0. The number of imide groups is 1. The standard InChI is InChI=1S/C23H18F2N4O6/c24-15-5-11(6-16(25)19(15)27-9-17-18(10-27)35-22(32)26-17)28-7-12(34-23(28)33)8-29-20(30)13-3-1-2-4-14(13)21(29)31/h1-6,12,17-18H,7-10H2,(H,26,32). The molecule has 2 aromatic carbocycles. The average molecular weight is 484 g/mol. The van der Waals surface area contributed by atoms with Crippen molar-refractivity contribution in [3.63, 3.8) is 0 Å². The third-order valence-electron chi connectivity index (χ3n) is 6.60. The normalized spacial score (nSPS) is 25.1. The van der Waals surface area contributed by atoms with Gasteiger partial charge in [-0.1, -0.05) is 12.1 Å². The molecule has 10 nitrogen and oxygen atoms in total. The van der Waals surface area contributed by atoms with Gasteiger partial charge in [-0.2, -0.15) is 0 Å². The first-order valence-electron chi connectivity index (χ1n) is 10.9. The number of ether oxygens (including phenoxy) is 2. The molecular weight excluding hydrogens is 466 g/mol. The van der Waals surface area contributed by atoms with Crippen molar-refractivity contribution in [2.24, 2.45) is 0 Å². The number of hydrogen-bond donors (Lipinski definition) is 1. The molecule has 0 saturated carbocycles. The van der Waals surface area contributed by atoms with Gasteiger partial charge in [0.25, 0.3) is 11.8 Å². The number of fused-ring (bicyclic) bond motifs is 2. The molecule has 6 rings (SSSR count). The zero-order chi connectivity index (χ0) is 24.4. The number of carbonyl (C=O) groups is 4. The zero-order valence-corrected chi connectivity index (χ0v) is 18.1. The summed E-state index contributed by atoms with van der Waals surface area (Å²) in [5, 5.41) is 2.59. The minimum Gasteiger partial charge on any atom is -0.442 e. The topological polar surface area (TPSA) is 108 Å². The number of benzene rings is 2. The summed E-state index contributed by atoms with van der Waals surface area (Å²) in [6.07, 6.45) is -2.77. The van der Waals surface area contributed by atoms with E-state index in [0.29, 0.717) is 0 Å². The molecule has 0 radical (unpaired) electrons. The van der Waals surface area contributed by atoms with Gasteiger partial charge in [0.15, 0.2) is 11.6 Å². The molecule has 0 aliphatic carbocycles. The molecule has 3 atom stereocenters. The summed E-state index contributed by atoms with van der Waals surface area (Å²) < 4.78 is 40.3. The van der Waals surface area contributed by atoms with Gasteiger partial charge < -0.3 is 19.7 Å². The Morgan fingerprint density at radius 2 is 1.57 bits per heavy atom. The lowest BCUT2D eigenvalue weighted by molar-refractivity contribution is 0.0558. The first kappa shape index (κ1) is 21.3. The van der Waals surface area contributed by atoms with Gasteiger partial charge in [0.2, 0.25) is 0 Å². The van der Waals surface area contributed by atoms with E-state index in [1.807, 2.05) is 0 Å². The number of halogens is 2. The largest absolute Gasteiger partial charge is 0.442 e. The molecule has 3 saturated heterocycles. The molecule has 2 aromatic rings. The Bertz CT molecular complexity index is 1230. The third-order valence-corrected chi connectivity index (χ3v) is 6.60. The number of rotatable bonds is 4. The van der Waals surface area contributed by atoms with Crippen molar-refractivity contribution < 1.29 is 37.4 Å². The Hall–Kier alpha value is -4.22. The number of nitrogens with one attached hydrogen (secondary N) is 1. The quantitative estimate of drug-likeness (QED) is 0.661. The number of alkyl carbamates (subject to hydrolysis) is 1. The van der Waals surface area contributed by atoms with Crippen molar-refractivity contribution >= 4 is 35.4 Å². The lowest BCUT2D eigenvalue weighted by atomic mass is 10.1. The molecule has 3 unspecified atom stereocenters. The van der Waals surface area contributed by atoms with Crippen LogP contribution in [0.1, 0.15) is 20.7 Å². The van der Waals surface area contributed by atoms with Crippen LogP contribution in [0.15, 0.2) is 36.4 Å². The van der Waals surface area contributed by atoms with Gasteiger partial charge in [0.1, 0.15) is 17.9 Å². The van der Waals surface area contributed by atoms with Crippen LogP contribution in [0.2, 0.25) is 0 Å². The Morgan fingerprint density at radius 3 is 2.20 bits per heavy atom. The molecular formula is C23H18F2N4O6. The second kappa shape index (κ2) is 7.65. The average Bonchev–Trinajstić information content (AvgIpc) is 3.52. The highest BCUT2D eigenvalue weighted by molar-refractivity contribution is 6.21. The molecule has 0 spiro atoms. The van der Waals surface area contributed by atoms with E-state index < -0.39 is 47.8 Å². The first-order valence-corrected chi connectivity index (χ1v) is 10.9. The van der Waals surface area contributed by atoms with Crippen LogP contribution in [0.5, 0.6) is 0 Å². The molecule has 4 aliphatic heterocycles. The van der Waals surface area contributed by atoms with E-state index >= 15 is 0 Å². The third kappa shape index (κ3) is 3.35. The summed E-state index contributed by atoms with van der Waals surface area (Å²) in [5.41, 5.74) is 0.211. The van der Waals surface area contributed by atoms with Gasteiger partial charge >= 0.3 is 12.2 Å². The van der Waals surface area contributed by atoms with Gasteiger partial charge in [-0.3, -0.25) is 19.4 Å². The minimum atomic E-state index is -0.886. The highest BCUT2D eigenvalue weighted by Crippen LogP contribution is 2.34. The maximum Gasteiger partial charge on any atom is 0.414 e. The van der Waals surface area contributed by atoms with E-state index in [2.05, 4.69) is 5.32 Å². The first-order chi connectivity index (χ1) is 16.8. The van der Waals surface area contributed by atoms with Crippen LogP contribution < -0.4 is 15.1 Å². The fourth-order valence-electron chi connectivity index (χ4n) is 4.98. The molecule has 0 bridgehead atoms. The predicted octanol–water partition coefficient (Wildman–Crippen LogP) is 1.88. The zero-order valence-electron chi connectivity index (χ0n) is 18.1. The van der Waals surface area contributed by atoms with E-state index in [-0.39, 0.29) is 54.7 Å². The summed E-state index contributed by atoms with van der Waals surface area (Å²) in [7, 11) is 0. The molecule has 1 N–H and O–H groups in total. The number of amides is 4. The van der Waals surface area contributed by atoms with Crippen molar-refractivity contribution in [2.45, 2.75) is 18.2 Å². The van der Waals surface area contributed by atoms with Crippen LogP contribution in [0, 0.1) is 11.6 Å². The number of hydrogen-bond acceptors (Lipinski definition) is 7. The maximum absolute atomic E-state index is 15.0. The van der Waals surface area contributed by atoms with Crippen LogP contribution in [-0.2, 0) is 9.47 Å². The van der Waals surface area contributed by atoms with Gasteiger partial charge in [0.05, 0.1) is 42.5 Å². The highest BCUT2D eigenvalue weighted by Gasteiger charge is 2.44. The number of nitrogens with zero attached hydrogens (tertiary/aromatic N) is 3. The smallest absolute Gasteiger partial charge is 0.414 e. The van der Waals surface area contributed by atoms with E-state index in [1.165, 1.54) is 4.90 Å². The Morgan fingerprint density at radius 1 is 0.914 bits per heavy atom. The van der Waals surface area contributed by atoms with Crippen molar-refractivity contribution in [3.8, 4) is 0 Å². The summed E-state index contributed by atoms with van der Waals surface area (Å²) >= 11 is 0. The Labute approximate surface area is 197 Å². The molecule has 12 heteroatoms. The van der Waals surface area contributed by atoms with Gasteiger partial charge in [-0.25, -0.2) is 18.4 Å². The van der Waals surface area contributed by atoms with Crippen molar-refractivity contribution in [2.75, 3.05) is 36.0 Å². The SMILES string of the molecule is O=C1NC2CN(c3c(F)cc(N4CC(CN5C(=O)c6ccccc6C5=O)OC4=O)cc3F)CC2O1. The number of anilines is 2.